The zero-order chi connectivity index (χ0) is 31.4. The number of benzene rings is 1. The first-order valence-electron chi connectivity index (χ1n) is 11.4. The van der Waals surface area contributed by atoms with Gasteiger partial charge in [-0.15, -0.1) is 0 Å². The number of hydroxylamine groups is 1. The number of hydrogen-bond acceptors (Lipinski definition) is 11. The van der Waals surface area contributed by atoms with Gasteiger partial charge < -0.3 is 20.7 Å². The highest BCUT2D eigenvalue weighted by Gasteiger charge is 2.45. The monoisotopic (exact) mass is 606 g/mol. The lowest BCUT2D eigenvalue weighted by Crippen LogP contribution is -2.44. The molecule has 0 saturated carbocycles. The number of halogens is 6. The molecule has 15 nitrogen and oxygen atoms in total. The van der Waals surface area contributed by atoms with E-state index in [0.717, 1.165) is 4.90 Å². The number of rotatable bonds is 7. The Morgan fingerprint density at radius 2 is 1.74 bits per heavy atom. The van der Waals surface area contributed by atoms with Gasteiger partial charge in [-0.05, 0) is 29.6 Å². The number of nitrogens with zero attached hydrogens (tertiary/aromatic N) is 6. The van der Waals surface area contributed by atoms with Crippen LogP contribution in [0.1, 0.15) is 20.3 Å². The largest absolute Gasteiger partial charge is 0.493 e. The summed E-state index contributed by atoms with van der Waals surface area (Å²) in [7, 11) is 0. The first-order chi connectivity index (χ1) is 19.5. The molecule has 0 radical (unpaired) electrons. The number of aromatic nitrogens is 3. The van der Waals surface area contributed by atoms with Gasteiger partial charge in [0.1, 0.15) is 6.04 Å². The number of carbonyl (C=O) groups excluding carboxylic acids is 3. The van der Waals surface area contributed by atoms with Gasteiger partial charge >= 0.3 is 24.3 Å². The van der Waals surface area contributed by atoms with Gasteiger partial charge in [-0.2, -0.15) is 41.3 Å². The fourth-order valence-corrected chi connectivity index (χ4v) is 3.19. The molecule has 42 heavy (non-hydrogen) atoms. The predicted octanol–water partition coefficient (Wildman–Crippen LogP) is 2.06. The lowest BCUT2D eigenvalue weighted by Gasteiger charge is -2.25. The third kappa shape index (κ3) is 7.69. The summed E-state index contributed by atoms with van der Waals surface area (Å²) in [6.07, 6.45) is -11.1. The van der Waals surface area contributed by atoms with Crippen LogP contribution in [0.15, 0.2) is 35.5 Å². The van der Waals surface area contributed by atoms with Crippen LogP contribution in [0.3, 0.4) is 0 Å². The van der Waals surface area contributed by atoms with Crippen molar-refractivity contribution in [2.24, 2.45) is 16.8 Å². The summed E-state index contributed by atoms with van der Waals surface area (Å²) >= 11 is 0. The molecule has 2 heterocycles. The van der Waals surface area contributed by atoms with E-state index >= 15 is 0 Å². The first kappa shape index (κ1) is 31.3. The Morgan fingerprint density at radius 1 is 1.12 bits per heavy atom. The summed E-state index contributed by atoms with van der Waals surface area (Å²) in [6, 6.07) is 6.75. The second kappa shape index (κ2) is 12.1. The Labute approximate surface area is 231 Å². The van der Waals surface area contributed by atoms with Crippen LogP contribution >= 0.6 is 0 Å². The molecule has 21 heteroatoms. The number of hydrogen-bond donors (Lipinski definition) is 4. The normalized spacial score (nSPS) is 15.9. The molecule has 1 atom stereocenters. The molecule has 1 unspecified atom stereocenters. The Kier molecular flexibility index (Phi) is 9.01. The number of oxime groups is 1. The van der Waals surface area contributed by atoms with E-state index in [1.54, 1.807) is 32.0 Å². The first-order valence-corrected chi connectivity index (χ1v) is 11.4. The molecule has 2 aromatic rings. The van der Waals surface area contributed by atoms with Crippen LogP contribution in [0.5, 0.6) is 0 Å². The minimum atomic E-state index is -5.67. The van der Waals surface area contributed by atoms with Gasteiger partial charge in [0.2, 0.25) is 23.8 Å². The Hall–Kier alpha value is -5.24. The highest BCUT2D eigenvalue weighted by atomic mass is 19.4. The van der Waals surface area contributed by atoms with E-state index in [9.17, 15) is 40.7 Å². The van der Waals surface area contributed by atoms with Gasteiger partial charge in [0.15, 0.2) is 0 Å². The van der Waals surface area contributed by atoms with Crippen LogP contribution in [-0.2, 0) is 24.1 Å². The summed E-state index contributed by atoms with van der Waals surface area (Å²) in [5, 5.41) is 15.3. The Balaban J connectivity index is 2.18. The zero-order valence-electron chi connectivity index (χ0n) is 21.3. The molecule has 1 aromatic heterocycles. The van der Waals surface area contributed by atoms with Crippen LogP contribution in [0, 0.1) is 11.3 Å². The van der Waals surface area contributed by atoms with Crippen molar-refractivity contribution >= 4 is 53.3 Å². The third-order valence-electron chi connectivity index (χ3n) is 4.90. The van der Waals surface area contributed by atoms with E-state index < -0.39 is 66.0 Å². The Morgan fingerprint density at radius 3 is 2.31 bits per heavy atom. The quantitative estimate of drug-likeness (QED) is 0.118. The van der Waals surface area contributed by atoms with Gasteiger partial charge in [-0.3, -0.25) is 20.4 Å². The molecule has 0 spiro atoms. The van der Waals surface area contributed by atoms with Crippen molar-refractivity contribution in [1.82, 2.24) is 20.3 Å². The van der Waals surface area contributed by atoms with Crippen LogP contribution in [0.4, 0.5) is 49.9 Å². The van der Waals surface area contributed by atoms with Crippen molar-refractivity contribution in [3.63, 3.8) is 0 Å². The number of nitrogens with two attached hydrogens (primary N) is 1. The lowest BCUT2D eigenvalue weighted by molar-refractivity contribution is -0.201. The van der Waals surface area contributed by atoms with Crippen molar-refractivity contribution < 1.29 is 50.4 Å². The molecule has 226 valence electrons. The van der Waals surface area contributed by atoms with Crippen molar-refractivity contribution in [2.45, 2.75) is 38.7 Å². The topological polar surface area (TPSA) is 201 Å². The highest BCUT2D eigenvalue weighted by Crippen LogP contribution is 2.27. The molecule has 1 fully saturated rings. The number of nitrogens with one attached hydrogen (secondary N) is 3. The lowest BCUT2D eigenvalue weighted by atomic mass is 10.0. The summed E-state index contributed by atoms with van der Waals surface area (Å²) < 4.78 is 76.8. The highest BCUT2D eigenvalue weighted by molar-refractivity contribution is 6.14. The summed E-state index contributed by atoms with van der Waals surface area (Å²) in [5.74, 6) is -10.9. The molecule has 1 amide bonds. The van der Waals surface area contributed by atoms with E-state index in [-0.39, 0.29) is 17.4 Å². The average Bonchev–Trinajstić information content (AvgIpc) is 3.16. The molecule has 3 rings (SSSR count). The molecular formula is C21H20F6N10O5. The number of guanidine groups is 2. The molecule has 0 bridgehead atoms. The summed E-state index contributed by atoms with van der Waals surface area (Å²) in [4.78, 5) is 55.6. The second-order valence-electron chi connectivity index (χ2n) is 8.60. The summed E-state index contributed by atoms with van der Waals surface area (Å²) in [5.41, 5.74) is 5.74. The maximum atomic E-state index is 13.1. The van der Waals surface area contributed by atoms with Gasteiger partial charge in [0, 0.05) is 5.69 Å². The predicted molar refractivity (Wildman–Crippen MR) is 130 cm³/mol. The average molecular weight is 606 g/mol. The number of amides is 1. The van der Waals surface area contributed by atoms with E-state index in [2.05, 4.69) is 40.4 Å². The van der Waals surface area contributed by atoms with E-state index in [1.807, 2.05) is 0 Å². The SMILES string of the molecule is CC(C)CC1C(=O)NC(=N)N1c1nc(Nc2ccccc2)nc(N(OC(=O)C(F)(F)F)/C(N)=N/OC(=O)C(F)(F)F)n1. The fraction of sp³-hybridized carbons (Fsp3) is 0.333. The maximum absolute atomic E-state index is 13.1. The zero-order valence-corrected chi connectivity index (χ0v) is 21.3. The van der Waals surface area contributed by atoms with Crippen LogP contribution in [0.25, 0.3) is 0 Å². The van der Waals surface area contributed by atoms with E-state index in [1.165, 1.54) is 12.1 Å². The fourth-order valence-electron chi connectivity index (χ4n) is 3.19. The Bertz CT molecular complexity index is 1390. The van der Waals surface area contributed by atoms with E-state index in [4.69, 9.17) is 11.1 Å². The molecule has 1 aromatic carbocycles. The third-order valence-corrected chi connectivity index (χ3v) is 4.90. The van der Waals surface area contributed by atoms with Crippen molar-refractivity contribution in [1.29, 1.82) is 5.41 Å². The van der Waals surface area contributed by atoms with Gasteiger partial charge in [-0.25, -0.2) is 9.59 Å². The summed E-state index contributed by atoms with van der Waals surface area (Å²) in [6.45, 7) is 3.51. The molecule has 1 aliphatic rings. The molecular weight excluding hydrogens is 586 g/mol. The van der Waals surface area contributed by atoms with Gasteiger partial charge in [0.05, 0.1) is 0 Å². The minimum absolute atomic E-state index is 0.118. The number of carbonyl (C=O) groups is 3. The number of anilines is 4. The molecule has 5 N–H and O–H groups in total. The molecule has 0 aliphatic carbocycles. The maximum Gasteiger partial charge on any atom is 0.493 e. The second-order valence-corrected chi connectivity index (χ2v) is 8.60. The minimum Gasteiger partial charge on any atom is -0.364 e. The number of alkyl halides is 6. The van der Waals surface area contributed by atoms with Crippen molar-refractivity contribution in [2.75, 3.05) is 15.3 Å². The van der Waals surface area contributed by atoms with Gasteiger partial charge in [-0.1, -0.05) is 37.1 Å². The van der Waals surface area contributed by atoms with Crippen molar-refractivity contribution in [3.8, 4) is 0 Å². The van der Waals surface area contributed by atoms with E-state index in [0.29, 0.717) is 5.69 Å². The molecule has 1 aliphatic heterocycles. The molecule has 1 saturated heterocycles. The smallest absolute Gasteiger partial charge is 0.364 e. The van der Waals surface area contributed by atoms with Gasteiger partial charge in [0.25, 0.3) is 11.9 Å². The number of para-hydroxylation sites is 1. The standard InChI is InChI=1S/C21H20F6N10O5/c1-9(2)8-11-12(38)31-15(28)36(11)18-32-17(30-10-6-4-3-5-7-10)33-19(34-18)37(42-14(40)21(25,26)27)16(29)35-41-13(39)20(22,23)24/h3-7,9,11H,8H2,1-2H3,(H2,29,35)(H2,28,31,38)(H,30,32,33,34). The van der Waals surface area contributed by atoms with Crippen LogP contribution < -0.4 is 26.3 Å². The van der Waals surface area contributed by atoms with Crippen LogP contribution in [-0.4, -0.2) is 63.1 Å². The van der Waals surface area contributed by atoms with Crippen molar-refractivity contribution in [3.05, 3.63) is 30.3 Å². The van der Waals surface area contributed by atoms with Crippen LogP contribution in [0.2, 0.25) is 0 Å².